The number of nitrogens with zero attached hydrogens (tertiary/aromatic N) is 1. The minimum atomic E-state index is -0.171. The van der Waals surface area contributed by atoms with Crippen LogP contribution in [0.3, 0.4) is 0 Å². The van der Waals surface area contributed by atoms with Gasteiger partial charge in [0.15, 0.2) is 0 Å². The zero-order valence-corrected chi connectivity index (χ0v) is 31.0. The van der Waals surface area contributed by atoms with Gasteiger partial charge in [-0.2, -0.15) is 0 Å². The summed E-state index contributed by atoms with van der Waals surface area (Å²) in [6, 6.07) is 61.3. The quantitative estimate of drug-likeness (QED) is 0.163. The smallest absolute Gasteiger partial charge is 0.0541 e. The van der Waals surface area contributed by atoms with Crippen molar-refractivity contribution in [3.63, 3.8) is 0 Å². The van der Waals surface area contributed by atoms with E-state index in [1.54, 1.807) is 0 Å². The van der Waals surface area contributed by atoms with Gasteiger partial charge in [-0.25, -0.2) is 0 Å². The maximum Gasteiger partial charge on any atom is 0.0541 e. The Labute approximate surface area is 315 Å². The third-order valence-electron chi connectivity index (χ3n) is 12.4. The zero-order chi connectivity index (χ0) is 36.3. The Hall–Kier alpha value is -6.44. The lowest BCUT2D eigenvalue weighted by molar-refractivity contribution is 0.662. The van der Waals surface area contributed by atoms with Gasteiger partial charge < -0.3 is 4.57 Å². The first-order valence-electron chi connectivity index (χ1n) is 19.1. The van der Waals surface area contributed by atoms with E-state index in [4.69, 9.17) is 0 Å². The Morgan fingerprint density at radius 2 is 1.00 bits per heavy atom. The van der Waals surface area contributed by atoms with Gasteiger partial charge in [0.1, 0.15) is 0 Å². The lowest BCUT2D eigenvalue weighted by atomic mass is 9.75. The van der Waals surface area contributed by atoms with Crippen molar-refractivity contribution in [2.75, 3.05) is 0 Å². The number of para-hydroxylation sites is 2. The van der Waals surface area contributed by atoms with Crippen molar-refractivity contribution in [3.05, 3.63) is 186 Å². The average molecular weight is 690 g/mol. The summed E-state index contributed by atoms with van der Waals surface area (Å²) in [5.74, 6) is 0. The summed E-state index contributed by atoms with van der Waals surface area (Å²) >= 11 is 0. The summed E-state index contributed by atoms with van der Waals surface area (Å²) in [6.07, 6.45) is 0. The van der Waals surface area contributed by atoms with Crippen LogP contribution in [0.5, 0.6) is 0 Å². The Kier molecular flexibility index (Phi) is 6.50. The number of aromatic nitrogens is 1. The maximum atomic E-state index is 2.49. The van der Waals surface area contributed by atoms with Gasteiger partial charge in [0, 0.05) is 21.9 Å². The summed E-state index contributed by atoms with van der Waals surface area (Å²) in [5.41, 5.74) is 16.8. The highest BCUT2D eigenvalue weighted by molar-refractivity contribution is 6.24. The number of fused-ring (bicyclic) bond motifs is 10. The highest BCUT2D eigenvalue weighted by Crippen LogP contribution is 2.57. The van der Waals surface area contributed by atoms with Crippen molar-refractivity contribution in [2.24, 2.45) is 0 Å². The first-order chi connectivity index (χ1) is 26.4. The van der Waals surface area contributed by atoms with Crippen LogP contribution in [-0.4, -0.2) is 4.57 Å². The first-order valence-corrected chi connectivity index (χ1v) is 19.1. The van der Waals surface area contributed by atoms with Gasteiger partial charge in [-0.1, -0.05) is 141 Å². The van der Waals surface area contributed by atoms with Crippen LogP contribution in [-0.2, 0) is 5.41 Å². The van der Waals surface area contributed by atoms with Gasteiger partial charge in [0.05, 0.1) is 11.0 Å². The molecule has 1 heteroatoms. The molecule has 1 aliphatic carbocycles. The molecule has 0 bridgehead atoms. The van der Waals surface area contributed by atoms with Crippen LogP contribution in [0.25, 0.3) is 93.2 Å². The predicted octanol–water partition coefficient (Wildman–Crippen LogP) is 14.5. The molecule has 54 heavy (non-hydrogen) atoms. The van der Waals surface area contributed by atoms with Crippen LogP contribution in [0.2, 0.25) is 0 Å². The predicted molar refractivity (Wildman–Crippen MR) is 231 cm³/mol. The van der Waals surface area contributed by atoms with Gasteiger partial charge in [-0.05, 0) is 138 Å². The number of hydrogen-bond donors (Lipinski definition) is 0. The molecule has 0 radical (unpaired) electrons. The van der Waals surface area contributed by atoms with Crippen LogP contribution >= 0.6 is 0 Å². The molecule has 11 rings (SSSR count). The summed E-state index contributed by atoms with van der Waals surface area (Å²) in [4.78, 5) is 0. The van der Waals surface area contributed by atoms with E-state index in [2.05, 4.69) is 196 Å². The van der Waals surface area contributed by atoms with E-state index in [-0.39, 0.29) is 5.41 Å². The second kappa shape index (κ2) is 11.3. The summed E-state index contributed by atoms with van der Waals surface area (Å²) in [6.45, 7) is 9.37. The number of rotatable bonds is 3. The molecule has 256 valence electrons. The van der Waals surface area contributed by atoms with E-state index < -0.39 is 0 Å². The van der Waals surface area contributed by atoms with Gasteiger partial charge in [-0.3, -0.25) is 0 Å². The Morgan fingerprint density at radius 1 is 0.407 bits per heavy atom. The van der Waals surface area contributed by atoms with E-state index in [1.165, 1.54) is 115 Å². The zero-order valence-electron chi connectivity index (χ0n) is 31.0. The van der Waals surface area contributed by atoms with Crippen LogP contribution in [0.15, 0.2) is 164 Å². The van der Waals surface area contributed by atoms with E-state index >= 15 is 0 Å². The molecular weight excluding hydrogens is 651 g/mol. The van der Waals surface area contributed by atoms with E-state index in [9.17, 15) is 0 Å². The van der Waals surface area contributed by atoms with Crippen molar-refractivity contribution in [2.45, 2.75) is 33.1 Å². The minimum absolute atomic E-state index is 0.171. The highest BCUT2D eigenvalue weighted by Gasteiger charge is 2.39. The van der Waals surface area contributed by atoms with Crippen molar-refractivity contribution in [3.8, 4) is 39.1 Å². The molecule has 0 fully saturated rings. The minimum Gasteiger partial charge on any atom is -0.309 e. The fourth-order valence-electron chi connectivity index (χ4n) is 9.88. The fourth-order valence-corrected chi connectivity index (χ4v) is 9.88. The lowest BCUT2D eigenvalue weighted by Crippen LogP contribution is -2.16. The SMILES string of the molecule is Cc1cc2c(-c3ccc4c(c3)c3ccccc3n4-c3ccccc3)c3ccccc3c(-c3cc4ccccc4c4c3C(C)(C)c3ccccc3-4)c2cc1C. The third kappa shape index (κ3) is 4.21. The highest BCUT2D eigenvalue weighted by atomic mass is 15.0. The van der Waals surface area contributed by atoms with E-state index in [0.29, 0.717) is 0 Å². The number of benzene rings is 9. The molecule has 1 heterocycles. The van der Waals surface area contributed by atoms with Crippen molar-refractivity contribution in [1.82, 2.24) is 4.57 Å². The van der Waals surface area contributed by atoms with Gasteiger partial charge in [-0.15, -0.1) is 0 Å². The topological polar surface area (TPSA) is 4.93 Å². The second-order valence-electron chi connectivity index (χ2n) is 15.8. The second-order valence-corrected chi connectivity index (χ2v) is 15.8. The molecule has 0 saturated heterocycles. The Morgan fingerprint density at radius 3 is 1.78 bits per heavy atom. The van der Waals surface area contributed by atoms with E-state index in [0.717, 1.165) is 0 Å². The molecule has 0 N–H and O–H groups in total. The Bertz CT molecular complexity index is 3190. The average Bonchev–Trinajstić information content (AvgIpc) is 3.66. The van der Waals surface area contributed by atoms with E-state index in [1.807, 2.05) is 0 Å². The van der Waals surface area contributed by atoms with Gasteiger partial charge >= 0.3 is 0 Å². The molecule has 10 aromatic rings. The van der Waals surface area contributed by atoms with Crippen LogP contribution in [0.1, 0.15) is 36.1 Å². The summed E-state index contributed by atoms with van der Waals surface area (Å²) < 4.78 is 2.40. The molecule has 9 aromatic carbocycles. The number of aryl methyl sites for hydroxylation is 2. The normalized spacial score (nSPS) is 13.3. The molecule has 0 unspecified atom stereocenters. The van der Waals surface area contributed by atoms with Crippen LogP contribution in [0, 0.1) is 13.8 Å². The lowest BCUT2D eigenvalue weighted by Gasteiger charge is -2.27. The fraction of sp³-hybridized carbons (Fsp3) is 0.0943. The maximum absolute atomic E-state index is 2.49. The molecule has 0 atom stereocenters. The van der Waals surface area contributed by atoms with Crippen molar-refractivity contribution < 1.29 is 0 Å². The molecule has 1 nitrogen and oxygen atoms in total. The molecule has 1 aliphatic rings. The van der Waals surface area contributed by atoms with Crippen LogP contribution < -0.4 is 0 Å². The molecule has 0 aliphatic heterocycles. The van der Waals surface area contributed by atoms with Crippen molar-refractivity contribution in [1.29, 1.82) is 0 Å². The first kappa shape index (κ1) is 31.1. The molecule has 1 aromatic heterocycles. The molecule has 0 saturated carbocycles. The number of hydrogen-bond acceptors (Lipinski definition) is 0. The summed E-state index contributed by atoms with van der Waals surface area (Å²) in [7, 11) is 0. The molecule has 0 amide bonds. The molecule has 0 spiro atoms. The standard InChI is InChI=1S/C53H39N/c1-32-28-43-44(29-33(32)2)50(45-30-34-16-8-9-19-37(34)51-41-23-12-14-24-46(41)53(3,4)52(45)51)40-22-11-10-21-39(40)49(43)35-26-27-48-42(31-35)38-20-13-15-25-47(38)54(48)36-17-6-5-7-18-36/h5-31H,1-4H3. The van der Waals surface area contributed by atoms with Crippen molar-refractivity contribution >= 4 is 54.1 Å². The monoisotopic (exact) mass is 689 g/mol. The van der Waals surface area contributed by atoms with Gasteiger partial charge in [0.25, 0.3) is 0 Å². The van der Waals surface area contributed by atoms with Gasteiger partial charge in [0.2, 0.25) is 0 Å². The Balaban J connectivity index is 1.27. The summed E-state index contributed by atoms with van der Waals surface area (Å²) in [5, 5.41) is 10.3. The largest absolute Gasteiger partial charge is 0.309 e. The molecular formula is C53H39N. The third-order valence-corrected chi connectivity index (χ3v) is 12.4. The van der Waals surface area contributed by atoms with Crippen LogP contribution in [0.4, 0.5) is 0 Å².